The van der Waals surface area contributed by atoms with Crippen molar-refractivity contribution in [2.75, 3.05) is 0 Å². The van der Waals surface area contributed by atoms with Gasteiger partial charge >= 0.3 is 0 Å². The molecule has 1 aliphatic heterocycles. The molecule has 1 N–H and O–H groups in total. The molecule has 4 nitrogen and oxygen atoms in total. The fourth-order valence-electron chi connectivity index (χ4n) is 2.59. The lowest BCUT2D eigenvalue weighted by Gasteiger charge is -2.35. The SMILES string of the molecule is CC(C)N1C(C)CC(O)N1C(=O)c1ccccc1. The molecule has 1 aliphatic rings. The van der Waals surface area contributed by atoms with Crippen LogP contribution in [-0.4, -0.2) is 39.3 Å². The van der Waals surface area contributed by atoms with Gasteiger partial charge in [0.2, 0.25) is 0 Å². The molecular formula is C14H20N2O2. The first-order valence-electron chi connectivity index (χ1n) is 6.37. The quantitative estimate of drug-likeness (QED) is 0.869. The molecule has 1 aromatic carbocycles. The van der Waals surface area contributed by atoms with Gasteiger partial charge in [-0.05, 0) is 32.9 Å². The number of nitrogens with zero attached hydrogens (tertiary/aromatic N) is 2. The molecule has 2 rings (SSSR count). The fraction of sp³-hybridized carbons (Fsp3) is 0.500. The number of benzene rings is 1. The monoisotopic (exact) mass is 248 g/mol. The van der Waals surface area contributed by atoms with E-state index in [4.69, 9.17) is 0 Å². The summed E-state index contributed by atoms with van der Waals surface area (Å²) in [6, 6.07) is 9.45. The number of rotatable bonds is 2. The number of carbonyl (C=O) groups excluding carboxylic acids is 1. The van der Waals surface area contributed by atoms with Crippen LogP contribution in [-0.2, 0) is 0 Å². The zero-order chi connectivity index (χ0) is 13.3. The number of hydrogen-bond donors (Lipinski definition) is 1. The van der Waals surface area contributed by atoms with Gasteiger partial charge in [0.15, 0.2) is 0 Å². The number of carbonyl (C=O) groups is 1. The van der Waals surface area contributed by atoms with Gasteiger partial charge in [-0.3, -0.25) is 4.79 Å². The lowest BCUT2D eigenvalue weighted by atomic mass is 10.2. The molecule has 0 saturated carbocycles. The second kappa shape index (κ2) is 5.08. The molecule has 2 atom stereocenters. The lowest BCUT2D eigenvalue weighted by molar-refractivity contribution is -0.0780. The van der Waals surface area contributed by atoms with E-state index >= 15 is 0 Å². The molecule has 1 amide bonds. The number of aliphatic hydroxyl groups is 1. The van der Waals surface area contributed by atoms with Crippen LogP contribution in [0.25, 0.3) is 0 Å². The third-order valence-electron chi connectivity index (χ3n) is 3.29. The Morgan fingerprint density at radius 3 is 2.50 bits per heavy atom. The molecule has 18 heavy (non-hydrogen) atoms. The highest BCUT2D eigenvalue weighted by Crippen LogP contribution is 2.27. The summed E-state index contributed by atoms with van der Waals surface area (Å²) >= 11 is 0. The van der Waals surface area contributed by atoms with Crippen LogP contribution >= 0.6 is 0 Å². The zero-order valence-electron chi connectivity index (χ0n) is 11.1. The van der Waals surface area contributed by atoms with Crippen molar-refractivity contribution in [3.8, 4) is 0 Å². The molecule has 0 spiro atoms. The van der Waals surface area contributed by atoms with E-state index in [1.165, 1.54) is 5.01 Å². The number of hydrazine groups is 1. The van der Waals surface area contributed by atoms with Gasteiger partial charge < -0.3 is 5.11 Å². The van der Waals surface area contributed by atoms with Crippen molar-refractivity contribution in [2.45, 2.75) is 45.5 Å². The Bertz CT molecular complexity index is 419. The van der Waals surface area contributed by atoms with Crippen molar-refractivity contribution in [3.05, 3.63) is 35.9 Å². The molecule has 0 bridgehead atoms. The van der Waals surface area contributed by atoms with Crippen LogP contribution in [0.15, 0.2) is 30.3 Å². The van der Waals surface area contributed by atoms with Crippen LogP contribution in [0.5, 0.6) is 0 Å². The van der Waals surface area contributed by atoms with E-state index in [1.807, 2.05) is 44.0 Å². The summed E-state index contributed by atoms with van der Waals surface area (Å²) in [5.74, 6) is -0.138. The van der Waals surface area contributed by atoms with Crippen molar-refractivity contribution in [2.24, 2.45) is 0 Å². The minimum Gasteiger partial charge on any atom is -0.372 e. The summed E-state index contributed by atoms with van der Waals surface area (Å²) in [5, 5.41) is 13.5. The summed E-state index contributed by atoms with van der Waals surface area (Å²) in [4.78, 5) is 12.4. The Hall–Kier alpha value is -1.39. The molecule has 1 fully saturated rings. The Balaban J connectivity index is 2.28. The van der Waals surface area contributed by atoms with Gasteiger partial charge in [-0.1, -0.05) is 18.2 Å². The number of aliphatic hydroxyl groups excluding tert-OH is 1. The highest BCUT2D eigenvalue weighted by molar-refractivity contribution is 5.94. The van der Waals surface area contributed by atoms with Gasteiger partial charge in [0.1, 0.15) is 6.23 Å². The first-order valence-corrected chi connectivity index (χ1v) is 6.37. The van der Waals surface area contributed by atoms with Crippen molar-refractivity contribution >= 4 is 5.91 Å². The summed E-state index contributed by atoms with van der Waals surface area (Å²) in [5.41, 5.74) is 0.608. The van der Waals surface area contributed by atoms with Crippen LogP contribution in [0.1, 0.15) is 37.6 Å². The molecule has 1 heterocycles. The van der Waals surface area contributed by atoms with Crippen LogP contribution < -0.4 is 0 Å². The zero-order valence-corrected chi connectivity index (χ0v) is 11.1. The summed E-state index contributed by atoms with van der Waals surface area (Å²) in [6.07, 6.45) is -0.133. The first kappa shape index (κ1) is 13.1. The van der Waals surface area contributed by atoms with Gasteiger partial charge in [-0.15, -0.1) is 0 Å². The van der Waals surface area contributed by atoms with E-state index in [1.54, 1.807) is 12.1 Å². The van der Waals surface area contributed by atoms with E-state index in [2.05, 4.69) is 0 Å². The maximum Gasteiger partial charge on any atom is 0.270 e. The van der Waals surface area contributed by atoms with E-state index < -0.39 is 6.23 Å². The van der Waals surface area contributed by atoms with Gasteiger partial charge in [0.05, 0.1) is 0 Å². The van der Waals surface area contributed by atoms with Gasteiger partial charge in [0.25, 0.3) is 5.91 Å². The summed E-state index contributed by atoms with van der Waals surface area (Å²) in [6.45, 7) is 6.08. The highest BCUT2D eigenvalue weighted by Gasteiger charge is 2.40. The van der Waals surface area contributed by atoms with Crippen molar-refractivity contribution in [1.82, 2.24) is 10.0 Å². The molecule has 0 aromatic heterocycles. The third-order valence-corrected chi connectivity index (χ3v) is 3.29. The average Bonchev–Trinajstić information content (AvgIpc) is 2.64. The smallest absolute Gasteiger partial charge is 0.270 e. The van der Waals surface area contributed by atoms with Crippen molar-refractivity contribution in [1.29, 1.82) is 0 Å². The predicted octanol–water partition coefficient (Wildman–Crippen LogP) is 1.86. The Kier molecular flexibility index (Phi) is 3.68. The predicted molar refractivity (Wildman–Crippen MR) is 69.7 cm³/mol. The molecule has 0 radical (unpaired) electrons. The summed E-state index contributed by atoms with van der Waals surface area (Å²) < 4.78 is 0. The Morgan fingerprint density at radius 2 is 1.94 bits per heavy atom. The normalized spacial score (nSPS) is 24.8. The molecule has 1 saturated heterocycles. The van der Waals surface area contributed by atoms with Crippen LogP contribution in [0.2, 0.25) is 0 Å². The second-order valence-corrected chi connectivity index (χ2v) is 5.05. The largest absolute Gasteiger partial charge is 0.372 e. The summed E-state index contributed by atoms with van der Waals surface area (Å²) in [7, 11) is 0. The average molecular weight is 248 g/mol. The maximum absolute atomic E-state index is 12.4. The van der Waals surface area contributed by atoms with E-state index in [0.717, 1.165) is 0 Å². The lowest BCUT2D eigenvalue weighted by Crippen LogP contribution is -2.50. The topological polar surface area (TPSA) is 43.8 Å². The second-order valence-electron chi connectivity index (χ2n) is 5.05. The minimum atomic E-state index is -0.727. The third kappa shape index (κ3) is 2.26. The first-order chi connectivity index (χ1) is 8.52. The number of hydrogen-bond acceptors (Lipinski definition) is 3. The van der Waals surface area contributed by atoms with Gasteiger partial charge in [0, 0.05) is 24.1 Å². The Labute approximate surface area is 108 Å². The van der Waals surface area contributed by atoms with Crippen molar-refractivity contribution in [3.63, 3.8) is 0 Å². The molecular weight excluding hydrogens is 228 g/mol. The van der Waals surface area contributed by atoms with Crippen LogP contribution in [0, 0.1) is 0 Å². The van der Waals surface area contributed by atoms with Crippen molar-refractivity contribution < 1.29 is 9.90 Å². The Morgan fingerprint density at radius 1 is 1.33 bits per heavy atom. The molecule has 98 valence electrons. The fourth-order valence-corrected chi connectivity index (χ4v) is 2.59. The maximum atomic E-state index is 12.4. The molecule has 4 heteroatoms. The minimum absolute atomic E-state index is 0.138. The van der Waals surface area contributed by atoms with Crippen LogP contribution in [0.3, 0.4) is 0 Å². The van der Waals surface area contributed by atoms with E-state index in [0.29, 0.717) is 12.0 Å². The molecule has 0 aliphatic carbocycles. The standard InChI is InChI=1S/C14H20N2O2/c1-10(2)15-11(3)9-13(17)16(15)14(18)12-7-5-4-6-8-12/h4-8,10-11,13,17H,9H2,1-3H3. The molecule has 1 aromatic rings. The van der Waals surface area contributed by atoms with E-state index in [-0.39, 0.29) is 18.0 Å². The number of amides is 1. The van der Waals surface area contributed by atoms with Gasteiger partial charge in [-0.2, -0.15) is 0 Å². The van der Waals surface area contributed by atoms with Crippen LogP contribution in [0.4, 0.5) is 0 Å². The highest BCUT2D eigenvalue weighted by atomic mass is 16.3. The van der Waals surface area contributed by atoms with E-state index in [9.17, 15) is 9.90 Å². The van der Waals surface area contributed by atoms with Gasteiger partial charge in [-0.25, -0.2) is 10.0 Å². The molecule has 2 unspecified atom stereocenters.